The quantitative estimate of drug-likeness (QED) is 0.728. The number of fused-ring (bicyclic) bond motifs is 1. The molecule has 2 aromatic rings. The van der Waals surface area contributed by atoms with Crippen LogP contribution in [0, 0.1) is 0 Å². The average molecular weight is 360 g/mol. The Labute approximate surface area is 151 Å². The van der Waals surface area contributed by atoms with Crippen LogP contribution in [0.15, 0.2) is 36.4 Å². The number of hydrogen-bond acceptors (Lipinski definition) is 3. The van der Waals surface area contributed by atoms with Crippen molar-refractivity contribution in [1.29, 1.82) is 0 Å². The van der Waals surface area contributed by atoms with Gasteiger partial charge in [0.15, 0.2) is 0 Å². The molecule has 0 radical (unpaired) electrons. The van der Waals surface area contributed by atoms with Gasteiger partial charge in [-0.2, -0.15) is 0 Å². The molecule has 0 aromatic heterocycles. The maximum atomic E-state index is 6.34. The van der Waals surface area contributed by atoms with Crippen LogP contribution in [0.2, 0.25) is 0 Å². The van der Waals surface area contributed by atoms with Crippen molar-refractivity contribution in [2.75, 3.05) is 20.9 Å². The molecule has 1 atom stereocenters. The summed E-state index contributed by atoms with van der Waals surface area (Å²) in [6.07, 6.45) is 0. The van der Waals surface area contributed by atoms with Crippen molar-refractivity contribution in [3.05, 3.63) is 36.4 Å². The minimum atomic E-state index is -1.94. The molecule has 0 saturated heterocycles. The van der Waals surface area contributed by atoms with Crippen molar-refractivity contribution in [2.24, 2.45) is 0 Å². The Morgan fingerprint density at radius 1 is 0.960 bits per heavy atom. The molecular weight excluding hydrogens is 331 g/mol. The summed E-state index contributed by atoms with van der Waals surface area (Å²) in [6, 6.07) is 12.3. The first-order chi connectivity index (χ1) is 11.8. The zero-order chi connectivity index (χ0) is 18.4. The number of ether oxygens (including phenoxy) is 3. The van der Waals surface area contributed by atoms with E-state index >= 15 is 0 Å². The van der Waals surface area contributed by atoms with Crippen LogP contribution in [-0.4, -0.2) is 31.9 Å². The Kier molecular flexibility index (Phi) is 4.49. The van der Waals surface area contributed by atoms with Gasteiger partial charge < -0.3 is 0 Å². The molecule has 1 aliphatic rings. The van der Waals surface area contributed by atoms with Crippen LogP contribution >= 0.6 is 7.26 Å². The van der Waals surface area contributed by atoms with Gasteiger partial charge in [-0.15, -0.1) is 0 Å². The summed E-state index contributed by atoms with van der Waals surface area (Å²) < 4.78 is 17.7. The molecule has 25 heavy (non-hydrogen) atoms. The first-order valence-electron chi connectivity index (χ1n) is 8.77. The van der Waals surface area contributed by atoms with Gasteiger partial charge in [-0.25, -0.2) is 0 Å². The summed E-state index contributed by atoms with van der Waals surface area (Å²) in [5.74, 6) is 2.90. The molecule has 2 aromatic carbocycles. The SMILES string of the molecule is COc1cccc(OC)c1-c1cccc2c1[PH](C)(C(C)(C)C)[C@@H](C)O2. The Bertz CT molecular complexity index is 772. The van der Waals surface area contributed by atoms with Crippen LogP contribution in [0.1, 0.15) is 27.7 Å². The van der Waals surface area contributed by atoms with Gasteiger partial charge in [0.2, 0.25) is 0 Å². The van der Waals surface area contributed by atoms with E-state index in [1.165, 1.54) is 10.9 Å². The van der Waals surface area contributed by atoms with Crippen LogP contribution < -0.4 is 19.5 Å². The third-order valence-corrected chi connectivity index (χ3v) is 12.3. The Morgan fingerprint density at radius 2 is 1.52 bits per heavy atom. The minimum absolute atomic E-state index is 0.170. The van der Waals surface area contributed by atoms with E-state index < -0.39 is 7.26 Å². The molecule has 0 aliphatic carbocycles. The van der Waals surface area contributed by atoms with Crippen LogP contribution in [-0.2, 0) is 0 Å². The predicted octanol–water partition coefficient (Wildman–Crippen LogP) is 4.91. The van der Waals surface area contributed by atoms with E-state index in [-0.39, 0.29) is 11.0 Å². The normalized spacial score (nSPS) is 19.7. The Balaban J connectivity index is 2.36. The molecule has 0 saturated carbocycles. The summed E-state index contributed by atoms with van der Waals surface area (Å²) in [5.41, 5.74) is 2.20. The molecule has 4 heteroatoms. The van der Waals surface area contributed by atoms with Crippen molar-refractivity contribution < 1.29 is 14.2 Å². The third-order valence-electron chi connectivity index (χ3n) is 5.92. The van der Waals surface area contributed by atoms with Gasteiger partial charge in [0.25, 0.3) is 0 Å². The third kappa shape index (κ3) is 2.60. The molecule has 0 amide bonds. The molecule has 1 heterocycles. The fourth-order valence-corrected chi connectivity index (χ4v) is 8.15. The molecule has 0 bridgehead atoms. The summed E-state index contributed by atoms with van der Waals surface area (Å²) in [4.78, 5) is 0. The summed E-state index contributed by atoms with van der Waals surface area (Å²) in [5, 5.41) is 1.54. The van der Waals surface area contributed by atoms with Gasteiger partial charge in [-0.1, -0.05) is 0 Å². The van der Waals surface area contributed by atoms with Crippen molar-refractivity contribution in [1.82, 2.24) is 0 Å². The summed E-state index contributed by atoms with van der Waals surface area (Å²) >= 11 is 0. The van der Waals surface area contributed by atoms with Crippen LogP contribution in [0.3, 0.4) is 0 Å². The van der Waals surface area contributed by atoms with E-state index in [0.717, 1.165) is 22.8 Å². The van der Waals surface area contributed by atoms with Crippen LogP contribution in [0.4, 0.5) is 0 Å². The monoisotopic (exact) mass is 360 g/mol. The Morgan fingerprint density at radius 3 is 2.04 bits per heavy atom. The fraction of sp³-hybridized carbons (Fsp3) is 0.429. The van der Waals surface area contributed by atoms with Crippen molar-refractivity contribution in [3.8, 4) is 28.4 Å². The van der Waals surface area contributed by atoms with E-state index in [0.29, 0.717) is 0 Å². The van der Waals surface area contributed by atoms with Crippen LogP contribution in [0.5, 0.6) is 17.2 Å². The van der Waals surface area contributed by atoms with E-state index in [4.69, 9.17) is 14.2 Å². The predicted molar refractivity (Wildman–Crippen MR) is 109 cm³/mol. The first-order valence-corrected chi connectivity index (χ1v) is 11.3. The van der Waals surface area contributed by atoms with E-state index in [9.17, 15) is 0 Å². The maximum absolute atomic E-state index is 6.34. The summed E-state index contributed by atoms with van der Waals surface area (Å²) in [7, 11) is 1.47. The molecule has 0 fully saturated rings. The second-order valence-corrected chi connectivity index (χ2v) is 13.1. The van der Waals surface area contributed by atoms with Gasteiger partial charge in [0.05, 0.1) is 0 Å². The molecule has 0 N–H and O–H groups in total. The molecule has 1 aliphatic heterocycles. The van der Waals surface area contributed by atoms with Gasteiger partial charge in [0.1, 0.15) is 0 Å². The number of benzene rings is 2. The van der Waals surface area contributed by atoms with E-state index in [1.807, 2.05) is 18.2 Å². The van der Waals surface area contributed by atoms with E-state index in [2.05, 4.69) is 52.6 Å². The molecule has 0 unspecified atom stereocenters. The topological polar surface area (TPSA) is 27.7 Å². The fourth-order valence-electron chi connectivity index (χ4n) is 3.99. The van der Waals surface area contributed by atoms with Crippen molar-refractivity contribution in [3.63, 3.8) is 0 Å². The van der Waals surface area contributed by atoms with Crippen molar-refractivity contribution >= 4 is 12.6 Å². The van der Waals surface area contributed by atoms with Gasteiger partial charge in [-0.3, -0.25) is 0 Å². The second kappa shape index (κ2) is 6.21. The van der Waals surface area contributed by atoms with Gasteiger partial charge >= 0.3 is 151 Å². The molecule has 3 nitrogen and oxygen atoms in total. The van der Waals surface area contributed by atoms with E-state index in [1.54, 1.807) is 14.2 Å². The van der Waals surface area contributed by atoms with Crippen molar-refractivity contribution in [2.45, 2.75) is 38.7 Å². The zero-order valence-corrected chi connectivity index (χ0v) is 17.3. The van der Waals surface area contributed by atoms with Crippen LogP contribution in [0.25, 0.3) is 11.1 Å². The standard InChI is InChI=1S/C21H29O3P/c1-14-24-18-13-8-10-15(20(18)25(14,7)21(2,3)4)19-16(22-5)11-9-12-17(19)23-6/h8-14,25H,1-7H3/t14-/m0/s1. The number of rotatable bonds is 3. The number of methoxy groups -OCH3 is 2. The van der Waals surface area contributed by atoms with Gasteiger partial charge in [0, 0.05) is 0 Å². The molecule has 136 valence electrons. The molecule has 0 spiro atoms. The molecular formula is C21H29O3P. The zero-order valence-electron chi connectivity index (χ0n) is 16.3. The summed E-state index contributed by atoms with van der Waals surface area (Å²) in [6.45, 7) is 11.7. The Hall–Kier alpha value is -1.73. The first kappa shape index (κ1) is 18.1. The average Bonchev–Trinajstić information content (AvgIpc) is 2.86. The number of hydrogen-bond donors (Lipinski definition) is 0. The molecule has 3 rings (SSSR count). The second-order valence-electron chi connectivity index (χ2n) is 7.93. The van der Waals surface area contributed by atoms with Gasteiger partial charge in [-0.05, 0) is 0 Å².